The molecule has 0 unspecified atom stereocenters. The van der Waals surface area contributed by atoms with Gasteiger partial charge in [-0.1, -0.05) is 111 Å². The molecule has 0 spiro atoms. The average Bonchev–Trinajstić information content (AvgIpc) is 3.05. The summed E-state index contributed by atoms with van der Waals surface area (Å²) in [6.45, 7) is 5.93. The fourth-order valence-corrected chi connectivity index (χ4v) is 6.56. The molecule has 4 aromatic rings. The Morgan fingerprint density at radius 2 is 1.40 bits per heavy atom. The second kappa shape index (κ2) is 15.7. The summed E-state index contributed by atoms with van der Waals surface area (Å²) in [5.74, 6) is -0.663. The van der Waals surface area contributed by atoms with Crippen LogP contribution in [-0.4, -0.2) is 44.3 Å². The van der Waals surface area contributed by atoms with Crippen molar-refractivity contribution in [2.24, 2.45) is 5.92 Å². The fraction of sp³-hybridized carbons (Fsp3) is 0.278. The first-order chi connectivity index (χ1) is 21.6. The second-order valence-corrected chi connectivity index (χ2v) is 13.6. The summed E-state index contributed by atoms with van der Waals surface area (Å²) >= 11 is 6.56. The summed E-state index contributed by atoms with van der Waals surface area (Å²) < 4.78 is 29.3. The minimum absolute atomic E-state index is 0.0130. The van der Waals surface area contributed by atoms with E-state index in [-0.39, 0.29) is 29.7 Å². The van der Waals surface area contributed by atoms with E-state index < -0.39 is 28.5 Å². The largest absolute Gasteiger partial charge is 0.354 e. The van der Waals surface area contributed by atoms with Crippen LogP contribution in [0.1, 0.15) is 37.5 Å². The van der Waals surface area contributed by atoms with E-state index in [1.807, 2.05) is 69.3 Å². The quantitative estimate of drug-likeness (QED) is 0.169. The molecule has 4 aromatic carbocycles. The van der Waals surface area contributed by atoms with Crippen molar-refractivity contribution in [3.8, 4) is 0 Å². The molecule has 1 N–H and O–H groups in total. The van der Waals surface area contributed by atoms with Crippen molar-refractivity contribution in [2.75, 3.05) is 17.4 Å². The highest BCUT2D eigenvalue weighted by Gasteiger charge is 2.35. The molecule has 0 fully saturated rings. The highest BCUT2D eigenvalue weighted by atomic mass is 35.5. The fourth-order valence-electron chi connectivity index (χ4n) is 4.93. The number of carbonyl (C=O) groups excluding carboxylic acids is 2. The maximum atomic E-state index is 14.5. The Morgan fingerprint density at radius 1 is 0.800 bits per heavy atom. The van der Waals surface area contributed by atoms with Gasteiger partial charge >= 0.3 is 0 Å². The smallest absolute Gasteiger partial charge is 0.264 e. The van der Waals surface area contributed by atoms with Crippen molar-refractivity contribution in [2.45, 2.75) is 51.1 Å². The van der Waals surface area contributed by atoms with Gasteiger partial charge in [-0.3, -0.25) is 13.9 Å². The first kappa shape index (κ1) is 33.7. The lowest BCUT2D eigenvalue weighted by Crippen LogP contribution is -2.53. The van der Waals surface area contributed by atoms with Gasteiger partial charge in [-0.15, -0.1) is 0 Å². The van der Waals surface area contributed by atoms with Crippen LogP contribution in [0.4, 0.5) is 5.69 Å². The maximum Gasteiger partial charge on any atom is 0.264 e. The molecule has 0 aliphatic carbocycles. The van der Waals surface area contributed by atoms with Gasteiger partial charge in [0.2, 0.25) is 11.8 Å². The number of halogens is 1. The zero-order chi connectivity index (χ0) is 32.4. The van der Waals surface area contributed by atoms with E-state index >= 15 is 0 Å². The van der Waals surface area contributed by atoms with Gasteiger partial charge in [-0.2, -0.15) is 0 Å². The molecule has 0 heterocycles. The van der Waals surface area contributed by atoms with Crippen molar-refractivity contribution >= 4 is 39.1 Å². The van der Waals surface area contributed by atoms with Gasteiger partial charge in [0, 0.05) is 24.5 Å². The lowest BCUT2D eigenvalue weighted by molar-refractivity contribution is -0.140. The Morgan fingerprint density at radius 3 is 2.00 bits per heavy atom. The van der Waals surface area contributed by atoms with E-state index in [0.29, 0.717) is 22.8 Å². The Kier molecular flexibility index (Phi) is 11.8. The van der Waals surface area contributed by atoms with E-state index in [1.54, 1.807) is 48.5 Å². The van der Waals surface area contributed by atoms with Gasteiger partial charge in [0.25, 0.3) is 10.0 Å². The average molecular weight is 646 g/mol. The molecule has 1 atom stereocenters. The molecule has 0 saturated carbocycles. The van der Waals surface area contributed by atoms with Gasteiger partial charge in [-0.05, 0) is 59.4 Å². The van der Waals surface area contributed by atoms with Crippen LogP contribution < -0.4 is 9.62 Å². The van der Waals surface area contributed by atoms with Crippen LogP contribution in [0.25, 0.3) is 0 Å². The number of nitrogens with one attached hydrogen (secondary N) is 1. The second-order valence-electron chi connectivity index (χ2n) is 11.3. The van der Waals surface area contributed by atoms with Crippen molar-refractivity contribution in [3.63, 3.8) is 0 Å². The number of amides is 2. The third-order valence-corrected chi connectivity index (χ3v) is 9.65. The predicted molar refractivity (Wildman–Crippen MR) is 181 cm³/mol. The standard InChI is InChI=1S/C36H40ClN3O4S/c1-4-28-19-21-31(22-20-28)40(45(43,44)32-16-9-6-10-17-32)26-35(41)39(25-30-15-11-12-18-33(30)37)34(36(42)38-24-27(2)3)23-29-13-7-5-8-14-29/h5-22,27,34H,4,23-26H2,1-3H3,(H,38,42)/t34-/m1/s1. The molecule has 4 rings (SSSR count). The first-order valence-corrected chi connectivity index (χ1v) is 16.9. The molecule has 0 radical (unpaired) electrons. The molecule has 236 valence electrons. The van der Waals surface area contributed by atoms with Crippen LogP contribution in [0.2, 0.25) is 5.02 Å². The van der Waals surface area contributed by atoms with Gasteiger partial charge in [0.1, 0.15) is 12.6 Å². The molecule has 0 aliphatic heterocycles. The van der Waals surface area contributed by atoms with Gasteiger partial charge in [-0.25, -0.2) is 8.42 Å². The number of benzene rings is 4. The molecule has 45 heavy (non-hydrogen) atoms. The van der Waals surface area contributed by atoms with E-state index in [0.717, 1.165) is 21.9 Å². The van der Waals surface area contributed by atoms with Gasteiger partial charge in [0.05, 0.1) is 10.6 Å². The maximum absolute atomic E-state index is 14.5. The lowest BCUT2D eigenvalue weighted by atomic mass is 10.0. The van der Waals surface area contributed by atoms with Gasteiger partial charge in [0.15, 0.2) is 0 Å². The number of sulfonamides is 1. The molecule has 0 bridgehead atoms. The Labute approximate surface area is 271 Å². The Balaban J connectivity index is 1.80. The van der Waals surface area contributed by atoms with Crippen molar-refractivity contribution in [3.05, 3.63) is 131 Å². The molecule has 7 nitrogen and oxygen atoms in total. The Hall–Kier alpha value is -4.14. The van der Waals surface area contributed by atoms with E-state index in [1.165, 1.54) is 17.0 Å². The van der Waals surface area contributed by atoms with Crippen molar-refractivity contribution in [1.82, 2.24) is 10.2 Å². The molecule has 9 heteroatoms. The van der Waals surface area contributed by atoms with Crippen LogP contribution >= 0.6 is 11.6 Å². The minimum atomic E-state index is -4.15. The normalized spacial score (nSPS) is 12.0. The molecular weight excluding hydrogens is 606 g/mol. The minimum Gasteiger partial charge on any atom is -0.354 e. The highest BCUT2D eigenvalue weighted by Crippen LogP contribution is 2.26. The number of hydrogen-bond donors (Lipinski definition) is 1. The number of hydrogen-bond acceptors (Lipinski definition) is 4. The molecule has 0 saturated heterocycles. The lowest BCUT2D eigenvalue weighted by Gasteiger charge is -2.34. The summed E-state index contributed by atoms with van der Waals surface area (Å²) in [5.41, 5.74) is 2.90. The summed E-state index contributed by atoms with van der Waals surface area (Å²) in [7, 11) is -4.15. The number of anilines is 1. The third-order valence-electron chi connectivity index (χ3n) is 7.50. The third kappa shape index (κ3) is 8.96. The number of rotatable bonds is 14. The molecule has 0 aliphatic rings. The van der Waals surface area contributed by atoms with Crippen LogP contribution in [0.5, 0.6) is 0 Å². The number of aryl methyl sites for hydroxylation is 1. The summed E-state index contributed by atoms with van der Waals surface area (Å²) in [5, 5.41) is 3.44. The van der Waals surface area contributed by atoms with Crippen LogP contribution in [0.15, 0.2) is 114 Å². The topological polar surface area (TPSA) is 86.8 Å². The van der Waals surface area contributed by atoms with E-state index in [9.17, 15) is 18.0 Å². The molecule has 0 aromatic heterocycles. The summed E-state index contributed by atoms with van der Waals surface area (Å²) in [4.78, 5) is 29.9. The van der Waals surface area contributed by atoms with Crippen molar-refractivity contribution in [1.29, 1.82) is 0 Å². The highest BCUT2D eigenvalue weighted by molar-refractivity contribution is 7.92. The number of nitrogens with zero attached hydrogens (tertiary/aromatic N) is 2. The summed E-state index contributed by atoms with van der Waals surface area (Å²) in [6, 6.07) is 30.8. The SMILES string of the molecule is CCc1ccc(N(CC(=O)N(Cc2ccccc2Cl)[C@H](Cc2ccccc2)C(=O)NCC(C)C)S(=O)(=O)c2ccccc2)cc1. The van der Waals surface area contributed by atoms with Crippen LogP contribution in [0.3, 0.4) is 0 Å². The van der Waals surface area contributed by atoms with Crippen LogP contribution in [-0.2, 0) is 39.0 Å². The summed E-state index contributed by atoms with van der Waals surface area (Å²) in [6.07, 6.45) is 1.01. The zero-order valence-electron chi connectivity index (χ0n) is 25.9. The first-order valence-electron chi connectivity index (χ1n) is 15.1. The van der Waals surface area contributed by atoms with Crippen LogP contribution in [0, 0.1) is 5.92 Å². The molecule has 2 amide bonds. The number of carbonyl (C=O) groups is 2. The zero-order valence-corrected chi connectivity index (χ0v) is 27.5. The Bertz CT molecular complexity index is 1660. The van der Waals surface area contributed by atoms with E-state index in [4.69, 9.17) is 11.6 Å². The van der Waals surface area contributed by atoms with E-state index in [2.05, 4.69) is 5.32 Å². The monoisotopic (exact) mass is 645 g/mol. The predicted octanol–water partition coefficient (Wildman–Crippen LogP) is 6.51. The van der Waals surface area contributed by atoms with Gasteiger partial charge < -0.3 is 10.2 Å². The van der Waals surface area contributed by atoms with Crippen molar-refractivity contribution < 1.29 is 18.0 Å². The molecular formula is C36H40ClN3O4S.